The number of aryl methyl sites for hydroxylation is 1. The maximum absolute atomic E-state index is 5.12. The third kappa shape index (κ3) is 2.46. The van der Waals surface area contributed by atoms with E-state index in [2.05, 4.69) is 41.5 Å². The number of hydrogen-bond donors (Lipinski definition) is 0. The summed E-state index contributed by atoms with van der Waals surface area (Å²) in [5, 5.41) is 16.2. The number of hydrogen-bond acceptors (Lipinski definition) is 6. The molecule has 2 aromatic heterocycles. The molecule has 0 N–H and O–H groups in total. The highest BCUT2D eigenvalue weighted by atomic mass is 79.9. The normalized spacial score (nSPS) is 12.6. The van der Waals surface area contributed by atoms with Crippen LogP contribution < -0.4 is 0 Å². The molecule has 0 amide bonds. The summed E-state index contributed by atoms with van der Waals surface area (Å²) >= 11 is 3.39. The molecule has 0 aliphatic carbocycles. The van der Waals surface area contributed by atoms with E-state index in [1.54, 1.807) is 6.92 Å². The van der Waals surface area contributed by atoms with E-state index in [1.165, 1.54) is 4.80 Å². The number of halogens is 1. The molecule has 8 heteroatoms. The van der Waals surface area contributed by atoms with Crippen LogP contribution in [0.5, 0.6) is 0 Å². The molecule has 20 heavy (non-hydrogen) atoms. The molecule has 0 aliphatic heterocycles. The Bertz CT molecular complexity index is 720. The van der Waals surface area contributed by atoms with Gasteiger partial charge < -0.3 is 4.52 Å². The van der Waals surface area contributed by atoms with Crippen LogP contribution >= 0.6 is 15.9 Å². The molecule has 0 spiro atoms. The van der Waals surface area contributed by atoms with Gasteiger partial charge in [0.15, 0.2) is 5.82 Å². The molecule has 0 aliphatic rings. The van der Waals surface area contributed by atoms with Crippen LogP contribution in [0.15, 0.2) is 33.3 Å². The molecule has 2 heterocycles. The van der Waals surface area contributed by atoms with Gasteiger partial charge in [-0.05, 0) is 43.3 Å². The number of benzene rings is 1. The lowest BCUT2D eigenvalue weighted by atomic mass is 10.2. The Morgan fingerprint density at radius 3 is 2.65 bits per heavy atom. The van der Waals surface area contributed by atoms with E-state index < -0.39 is 0 Å². The number of tetrazole rings is 1. The highest BCUT2D eigenvalue weighted by molar-refractivity contribution is 9.10. The summed E-state index contributed by atoms with van der Waals surface area (Å²) in [6, 6.07) is 7.45. The molecule has 0 saturated carbocycles. The lowest BCUT2D eigenvalue weighted by Crippen LogP contribution is -2.11. The second kappa shape index (κ2) is 5.12. The van der Waals surface area contributed by atoms with E-state index in [1.807, 2.05) is 31.2 Å². The average molecular weight is 335 g/mol. The van der Waals surface area contributed by atoms with Crippen molar-refractivity contribution in [1.82, 2.24) is 30.3 Å². The summed E-state index contributed by atoms with van der Waals surface area (Å²) < 4.78 is 6.12. The van der Waals surface area contributed by atoms with Crippen molar-refractivity contribution in [2.75, 3.05) is 0 Å². The van der Waals surface area contributed by atoms with Gasteiger partial charge in [-0.3, -0.25) is 0 Å². The van der Waals surface area contributed by atoms with Gasteiger partial charge >= 0.3 is 0 Å². The van der Waals surface area contributed by atoms with E-state index in [4.69, 9.17) is 4.52 Å². The Hall–Kier alpha value is -2.09. The molecule has 1 unspecified atom stereocenters. The maximum atomic E-state index is 5.12. The molecule has 102 valence electrons. The first-order chi connectivity index (χ1) is 9.63. The third-order valence-electron chi connectivity index (χ3n) is 2.78. The fourth-order valence-corrected chi connectivity index (χ4v) is 1.95. The van der Waals surface area contributed by atoms with Gasteiger partial charge in [0.1, 0.15) is 6.04 Å². The van der Waals surface area contributed by atoms with Gasteiger partial charge in [-0.1, -0.05) is 21.1 Å². The second-order valence-corrected chi connectivity index (χ2v) is 5.21. The Labute approximate surface area is 123 Å². The summed E-state index contributed by atoms with van der Waals surface area (Å²) in [4.78, 5) is 5.63. The molecule has 0 saturated heterocycles. The fourth-order valence-electron chi connectivity index (χ4n) is 1.69. The molecule has 3 aromatic rings. The molecule has 3 rings (SSSR count). The van der Waals surface area contributed by atoms with Gasteiger partial charge in [-0.2, -0.15) is 9.78 Å². The number of nitrogens with zero attached hydrogens (tertiary/aromatic N) is 6. The quantitative estimate of drug-likeness (QED) is 0.731. The predicted octanol–water partition coefficient (Wildman–Crippen LogP) is 2.40. The maximum Gasteiger partial charge on any atom is 0.253 e. The first-order valence-corrected chi connectivity index (χ1v) is 6.78. The van der Waals surface area contributed by atoms with Gasteiger partial charge in [0.05, 0.1) is 0 Å². The molecular formula is C12H11BrN6O. The lowest BCUT2D eigenvalue weighted by Gasteiger charge is -2.02. The third-order valence-corrected chi connectivity index (χ3v) is 3.31. The second-order valence-electron chi connectivity index (χ2n) is 4.30. The first-order valence-electron chi connectivity index (χ1n) is 5.99. The Balaban J connectivity index is 1.88. The van der Waals surface area contributed by atoms with E-state index in [0.717, 1.165) is 10.0 Å². The molecule has 0 radical (unpaired) electrons. The fraction of sp³-hybridized carbons (Fsp3) is 0.250. The molecule has 0 bridgehead atoms. The smallest absolute Gasteiger partial charge is 0.253 e. The van der Waals surface area contributed by atoms with Crippen LogP contribution in [-0.2, 0) is 0 Å². The van der Waals surface area contributed by atoms with Crippen LogP contribution in [0.25, 0.3) is 11.4 Å². The minimum atomic E-state index is -0.257. The van der Waals surface area contributed by atoms with Crippen LogP contribution in [0.2, 0.25) is 0 Å². The highest BCUT2D eigenvalue weighted by Gasteiger charge is 2.18. The zero-order valence-electron chi connectivity index (χ0n) is 10.9. The van der Waals surface area contributed by atoms with Crippen molar-refractivity contribution >= 4 is 15.9 Å². The minimum absolute atomic E-state index is 0.257. The minimum Gasteiger partial charge on any atom is -0.337 e. The average Bonchev–Trinajstić information content (AvgIpc) is 3.08. The van der Waals surface area contributed by atoms with E-state index in [0.29, 0.717) is 17.5 Å². The topological polar surface area (TPSA) is 82.5 Å². The SMILES string of the molecule is Cc1noc(C(C)n2nnc(-c3ccc(Br)cc3)n2)n1. The van der Waals surface area contributed by atoms with Crippen molar-refractivity contribution in [3.8, 4) is 11.4 Å². The largest absolute Gasteiger partial charge is 0.337 e. The van der Waals surface area contributed by atoms with E-state index >= 15 is 0 Å². The Morgan fingerprint density at radius 1 is 1.25 bits per heavy atom. The van der Waals surface area contributed by atoms with E-state index in [9.17, 15) is 0 Å². The zero-order valence-corrected chi connectivity index (χ0v) is 12.4. The van der Waals surface area contributed by atoms with E-state index in [-0.39, 0.29) is 6.04 Å². The van der Waals surface area contributed by atoms with Crippen molar-refractivity contribution in [1.29, 1.82) is 0 Å². The number of rotatable bonds is 3. The van der Waals surface area contributed by atoms with Crippen LogP contribution in [0.1, 0.15) is 24.7 Å². The van der Waals surface area contributed by atoms with Gasteiger partial charge in [0.25, 0.3) is 5.89 Å². The van der Waals surface area contributed by atoms with Crippen LogP contribution in [0.4, 0.5) is 0 Å². The molecule has 1 atom stereocenters. The van der Waals surface area contributed by atoms with Crippen molar-refractivity contribution in [3.63, 3.8) is 0 Å². The van der Waals surface area contributed by atoms with Gasteiger partial charge in [-0.25, -0.2) is 0 Å². The Morgan fingerprint density at radius 2 is 2.00 bits per heavy atom. The van der Waals surface area contributed by atoms with Crippen LogP contribution in [0, 0.1) is 6.92 Å². The van der Waals surface area contributed by atoms with Crippen molar-refractivity contribution in [3.05, 3.63) is 40.5 Å². The van der Waals surface area contributed by atoms with Gasteiger partial charge in [-0.15, -0.1) is 10.2 Å². The summed E-state index contributed by atoms with van der Waals surface area (Å²) in [5.41, 5.74) is 0.897. The molecule has 7 nitrogen and oxygen atoms in total. The summed E-state index contributed by atoms with van der Waals surface area (Å²) in [6.07, 6.45) is 0. The zero-order chi connectivity index (χ0) is 14.1. The summed E-state index contributed by atoms with van der Waals surface area (Å²) in [5.74, 6) is 1.60. The van der Waals surface area contributed by atoms with Gasteiger partial charge in [0, 0.05) is 10.0 Å². The predicted molar refractivity (Wildman–Crippen MR) is 73.8 cm³/mol. The standard InChI is InChI=1S/C12H11BrN6O/c1-7(12-14-8(2)17-20-12)19-16-11(15-18-19)9-3-5-10(13)6-4-9/h3-7H,1-2H3. The summed E-state index contributed by atoms with van der Waals surface area (Å²) in [7, 11) is 0. The Kier molecular flexibility index (Phi) is 3.31. The molecule has 0 fully saturated rings. The monoisotopic (exact) mass is 334 g/mol. The first kappa shape index (κ1) is 12.9. The van der Waals surface area contributed by atoms with Crippen LogP contribution in [0.3, 0.4) is 0 Å². The van der Waals surface area contributed by atoms with Crippen molar-refractivity contribution in [2.45, 2.75) is 19.9 Å². The summed E-state index contributed by atoms with van der Waals surface area (Å²) in [6.45, 7) is 3.64. The van der Waals surface area contributed by atoms with Crippen LogP contribution in [-0.4, -0.2) is 30.3 Å². The highest BCUT2D eigenvalue weighted by Crippen LogP contribution is 2.19. The van der Waals surface area contributed by atoms with Crippen molar-refractivity contribution < 1.29 is 4.52 Å². The van der Waals surface area contributed by atoms with Gasteiger partial charge in [0.2, 0.25) is 5.82 Å². The molecular weight excluding hydrogens is 324 g/mol. The molecule has 1 aromatic carbocycles. The van der Waals surface area contributed by atoms with Crippen molar-refractivity contribution in [2.24, 2.45) is 0 Å². The number of aromatic nitrogens is 6. The lowest BCUT2D eigenvalue weighted by molar-refractivity contribution is 0.319.